The number of aromatic nitrogens is 3. The minimum absolute atomic E-state index is 0.113. The molecule has 1 amide bonds. The number of hydrogen-bond donors (Lipinski definition) is 1. The van der Waals surface area contributed by atoms with Gasteiger partial charge in [-0.15, -0.1) is 0 Å². The lowest BCUT2D eigenvalue weighted by Crippen LogP contribution is -2.39. The molecule has 0 saturated carbocycles. The number of aryl methyl sites for hydroxylation is 1. The highest BCUT2D eigenvalue weighted by atomic mass is 16.5. The normalized spacial score (nSPS) is 18.7. The highest BCUT2D eigenvalue weighted by molar-refractivity contribution is 5.95. The number of carbonyl (C=O) groups excluding carboxylic acids is 1. The van der Waals surface area contributed by atoms with Gasteiger partial charge >= 0.3 is 0 Å². The predicted octanol–water partition coefficient (Wildman–Crippen LogP) is 1.43. The monoisotopic (exact) mass is 288 g/mol. The molecule has 3 heterocycles. The van der Waals surface area contributed by atoms with E-state index in [0.717, 1.165) is 19.3 Å². The van der Waals surface area contributed by atoms with Crippen molar-refractivity contribution < 1.29 is 9.32 Å². The van der Waals surface area contributed by atoms with E-state index < -0.39 is 0 Å². The molecule has 0 aromatic carbocycles. The first kappa shape index (κ1) is 13.5. The number of amides is 1. The van der Waals surface area contributed by atoms with Crippen LogP contribution in [0.2, 0.25) is 0 Å². The molecular weight excluding hydrogens is 272 g/mol. The van der Waals surface area contributed by atoms with Crippen molar-refractivity contribution in [3.63, 3.8) is 0 Å². The fourth-order valence-corrected chi connectivity index (χ4v) is 2.73. The van der Waals surface area contributed by atoms with Gasteiger partial charge in [-0.2, -0.15) is 4.98 Å². The maximum atomic E-state index is 12.8. The van der Waals surface area contributed by atoms with Crippen molar-refractivity contribution in [1.82, 2.24) is 20.0 Å². The summed E-state index contributed by atoms with van der Waals surface area (Å²) in [6, 6.07) is 1.26. The third-order valence-electron chi connectivity index (χ3n) is 3.80. The number of H-pyrrole nitrogens is 1. The Balaban J connectivity index is 1.92. The fraction of sp³-hybridized carbons (Fsp3) is 0.429. The molecule has 1 N–H and O–H groups in total. The first-order chi connectivity index (χ1) is 10.2. The van der Waals surface area contributed by atoms with Gasteiger partial charge in [0.1, 0.15) is 0 Å². The number of aromatic amines is 1. The SMILES string of the molecule is Cc1cc(=O)[nH]cc1C(=O)N1CCCCC1c1ncon1. The zero-order valence-electron chi connectivity index (χ0n) is 11.7. The van der Waals surface area contributed by atoms with E-state index >= 15 is 0 Å². The molecule has 1 unspecified atom stereocenters. The summed E-state index contributed by atoms with van der Waals surface area (Å²) in [6.45, 7) is 2.41. The van der Waals surface area contributed by atoms with Crippen molar-refractivity contribution in [1.29, 1.82) is 0 Å². The Morgan fingerprint density at radius 1 is 1.48 bits per heavy atom. The summed E-state index contributed by atoms with van der Waals surface area (Å²) >= 11 is 0. The summed E-state index contributed by atoms with van der Waals surface area (Å²) < 4.78 is 4.79. The van der Waals surface area contributed by atoms with Crippen LogP contribution >= 0.6 is 0 Å². The van der Waals surface area contributed by atoms with Crippen molar-refractivity contribution >= 4 is 5.91 Å². The van der Waals surface area contributed by atoms with Gasteiger partial charge in [0, 0.05) is 18.8 Å². The molecule has 2 aromatic heterocycles. The van der Waals surface area contributed by atoms with E-state index in [9.17, 15) is 9.59 Å². The molecule has 0 radical (unpaired) electrons. The van der Waals surface area contributed by atoms with Crippen molar-refractivity contribution in [2.45, 2.75) is 32.2 Å². The molecule has 2 aromatic rings. The van der Waals surface area contributed by atoms with Crippen molar-refractivity contribution in [3.8, 4) is 0 Å². The Morgan fingerprint density at radius 3 is 3.05 bits per heavy atom. The van der Waals surface area contributed by atoms with Crippen molar-refractivity contribution in [2.24, 2.45) is 0 Å². The van der Waals surface area contributed by atoms with Crippen LogP contribution in [0.4, 0.5) is 0 Å². The molecule has 1 aliphatic heterocycles. The van der Waals surface area contributed by atoms with E-state index in [1.165, 1.54) is 18.7 Å². The van der Waals surface area contributed by atoms with Crippen LogP contribution in [0.15, 0.2) is 28.0 Å². The van der Waals surface area contributed by atoms with Crippen LogP contribution < -0.4 is 5.56 Å². The zero-order valence-corrected chi connectivity index (χ0v) is 11.7. The number of hydrogen-bond acceptors (Lipinski definition) is 5. The average Bonchev–Trinajstić information content (AvgIpc) is 3.01. The standard InChI is InChI=1S/C14H16N4O3/c1-9-6-12(19)15-7-10(9)14(20)18-5-3-2-4-11(18)13-16-8-21-17-13/h6-8,11H,2-5H2,1H3,(H,15,19). The summed E-state index contributed by atoms with van der Waals surface area (Å²) in [4.78, 5) is 32.4. The highest BCUT2D eigenvalue weighted by Crippen LogP contribution is 2.30. The Hall–Kier alpha value is -2.44. The first-order valence-corrected chi connectivity index (χ1v) is 6.93. The molecule has 0 spiro atoms. The average molecular weight is 288 g/mol. The topological polar surface area (TPSA) is 92.1 Å². The molecule has 7 nitrogen and oxygen atoms in total. The maximum Gasteiger partial charge on any atom is 0.256 e. The molecule has 21 heavy (non-hydrogen) atoms. The Kier molecular flexibility index (Phi) is 3.55. The number of pyridine rings is 1. The van der Waals surface area contributed by atoms with Gasteiger partial charge in [0.15, 0.2) is 5.82 Å². The van der Waals surface area contributed by atoms with Crippen LogP contribution in [0.5, 0.6) is 0 Å². The Labute approximate surface area is 121 Å². The van der Waals surface area contributed by atoms with Crippen LogP contribution in [0.25, 0.3) is 0 Å². The number of nitrogens with one attached hydrogen (secondary N) is 1. The van der Waals surface area contributed by atoms with Crippen LogP contribution in [0, 0.1) is 6.92 Å². The number of nitrogens with zero attached hydrogens (tertiary/aromatic N) is 3. The van der Waals surface area contributed by atoms with Gasteiger partial charge in [-0.3, -0.25) is 9.59 Å². The summed E-state index contributed by atoms with van der Waals surface area (Å²) in [5, 5.41) is 3.86. The second kappa shape index (κ2) is 5.51. The van der Waals surface area contributed by atoms with Gasteiger partial charge < -0.3 is 14.4 Å². The summed E-state index contributed by atoms with van der Waals surface area (Å²) in [7, 11) is 0. The minimum atomic E-state index is -0.211. The van der Waals surface area contributed by atoms with Crippen LogP contribution in [-0.4, -0.2) is 32.5 Å². The van der Waals surface area contributed by atoms with E-state index in [0.29, 0.717) is 23.5 Å². The zero-order chi connectivity index (χ0) is 14.8. The third-order valence-corrected chi connectivity index (χ3v) is 3.80. The van der Waals surface area contributed by atoms with Crippen LogP contribution in [-0.2, 0) is 0 Å². The first-order valence-electron chi connectivity index (χ1n) is 6.93. The lowest BCUT2D eigenvalue weighted by molar-refractivity contribution is 0.0595. The maximum absolute atomic E-state index is 12.8. The number of likely N-dealkylation sites (tertiary alicyclic amines) is 1. The summed E-state index contributed by atoms with van der Waals surface area (Å²) in [5.41, 5.74) is 0.962. The van der Waals surface area contributed by atoms with Gasteiger partial charge in [-0.25, -0.2) is 0 Å². The van der Waals surface area contributed by atoms with Gasteiger partial charge in [0.25, 0.3) is 5.91 Å². The summed E-state index contributed by atoms with van der Waals surface area (Å²) in [6.07, 6.45) is 5.53. The van der Waals surface area contributed by atoms with Gasteiger partial charge in [-0.05, 0) is 31.7 Å². The molecule has 110 valence electrons. The molecule has 0 aliphatic carbocycles. The predicted molar refractivity (Wildman–Crippen MR) is 73.7 cm³/mol. The lowest BCUT2D eigenvalue weighted by Gasteiger charge is -2.34. The molecule has 1 atom stereocenters. The second-order valence-electron chi connectivity index (χ2n) is 5.19. The fourth-order valence-electron chi connectivity index (χ4n) is 2.73. The summed E-state index contributed by atoms with van der Waals surface area (Å²) in [5.74, 6) is 0.420. The Morgan fingerprint density at radius 2 is 2.33 bits per heavy atom. The third kappa shape index (κ3) is 2.58. The smallest absolute Gasteiger partial charge is 0.256 e. The second-order valence-corrected chi connectivity index (χ2v) is 5.19. The molecule has 3 rings (SSSR count). The van der Waals surface area contributed by atoms with Gasteiger partial charge in [-0.1, -0.05) is 5.16 Å². The number of piperidine rings is 1. The molecule has 1 aliphatic rings. The molecule has 1 saturated heterocycles. The van der Waals surface area contributed by atoms with Crippen LogP contribution in [0.1, 0.15) is 47.1 Å². The minimum Gasteiger partial charge on any atom is -0.343 e. The number of rotatable bonds is 2. The van der Waals surface area contributed by atoms with E-state index in [1.54, 1.807) is 11.8 Å². The Bertz CT molecular complexity index is 692. The van der Waals surface area contributed by atoms with Crippen molar-refractivity contribution in [3.05, 3.63) is 46.0 Å². The van der Waals surface area contributed by atoms with E-state index in [4.69, 9.17) is 4.52 Å². The van der Waals surface area contributed by atoms with E-state index in [2.05, 4.69) is 15.1 Å². The van der Waals surface area contributed by atoms with E-state index in [-0.39, 0.29) is 17.5 Å². The highest BCUT2D eigenvalue weighted by Gasteiger charge is 2.32. The quantitative estimate of drug-likeness (QED) is 0.902. The molecular formula is C14H16N4O3. The van der Waals surface area contributed by atoms with E-state index in [1.807, 2.05) is 0 Å². The molecule has 1 fully saturated rings. The van der Waals surface area contributed by atoms with Gasteiger partial charge in [0.2, 0.25) is 12.0 Å². The largest absolute Gasteiger partial charge is 0.343 e. The van der Waals surface area contributed by atoms with Crippen LogP contribution in [0.3, 0.4) is 0 Å². The molecule has 0 bridgehead atoms. The molecule has 7 heteroatoms. The lowest BCUT2D eigenvalue weighted by atomic mass is 9.99. The number of carbonyl (C=O) groups is 1. The van der Waals surface area contributed by atoms with Crippen molar-refractivity contribution in [2.75, 3.05) is 6.54 Å². The van der Waals surface area contributed by atoms with Gasteiger partial charge in [0.05, 0.1) is 11.6 Å².